The molecule has 1 amide bonds. The van der Waals surface area contributed by atoms with Crippen LogP contribution in [0.15, 0.2) is 16.6 Å². The molecule has 0 saturated carbocycles. The number of amides is 1. The van der Waals surface area contributed by atoms with E-state index in [0.29, 0.717) is 34.0 Å². The van der Waals surface area contributed by atoms with Gasteiger partial charge >= 0.3 is 0 Å². The van der Waals surface area contributed by atoms with Crippen molar-refractivity contribution < 1.29 is 9.53 Å². The Morgan fingerprint density at radius 1 is 1.56 bits per heavy atom. The molecule has 3 N–H and O–H groups in total. The highest BCUT2D eigenvalue weighted by molar-refractivity contribution is 9.10. The smallest absolute Gasteiger partial charge is 0.241 e. The summed E-state index contributed by atoms with van der Waals surface area (Å²) in [6.07, 6.45) is 0.567. The summed E-state index contributed by atoms with van der Waals surface area (Å²) in [4.78, 5) is 11.8. The molecule has 1 aromatic rings. The fourth-order valence-corrected chi connectivity index (χ4v) is 2.28. The summed E-state index contributed by atoms with van der Waals surface area (Å²) in [7, 11) is 0. The van der Waals surface area contributed by atoms with E-state index in [4.69, 9.17) is 22.1 Å². The minimum absolute atomic E-state index is 0.257. The van der Waals surface area contributed by atoms with Gasteiger partial charge < -0.3 is 15.8 Å². The lowest BCUT2D eigenvalue weighted by atomic mass is 10.2. The van der Waals surface area contributed by atoms with Gasteiger partial charge in [0.15, 0.2) is 5.75 Å². The number of nitrogens with two attached hydrogens (primary N) is 1. The molecule has 0 saturated heterocycles. The van der Waals surface area contributed by atoms with Gasteiger partial charge in [-0.3, -0.25) is 4.79 Å². The van der Waals surface area contributed by atoms with Crippen molar-refractivity contribution in [3.05, 3.63) is 21.6 Å². The number of rotatable bonds is 5. The maximum absolute atomic E-state index is 11.8. The molecular weight excluding hydrogens is 320 g/mol. The second kappa shape index (κ2) is 6.97. The highest BCUT2D eigenvalue weighted by Gasteiger charge is 2.16. The summed E-state index contributed by atoms with van der Waals surface area (Å²) < 4.78 is 6.17. The predicted octanol–water partition coefficient (Wildman–Crippen LogP) is 3.18. The van der Waals surface area contributed by atoms with Crippen molar-refractivity contribution >= 4 is 39.1 Å². The van der Waals surface area contributed by atoms with Gasteiger partial charge in [-0.25, -0.2) is 0 Å². The van der Waals surface area contributed by atoms with Gasteiger partial charge in [0.25, 0.3) is 0 Å². The van der Waals surface area contributed by atoms with Gasteiger partial charge in [-0.15, -0.1) is 0 Å². The maximum atomic E-state index is 11.8. The van der Waals surface area contributed by atoms with E-state index in [0.717, 1.165) is 0 Å². The third-order valence-electron chi connectivity index (χ3n) is 2.33. The Balaban J connectivity index is 3.02. The van der Waals surface area contributed by atoms with Gasteiger partial charge in [-0.05, 0) is 41.4 Å². The van der Waals surface area contributed by atoms with Crippen LogP contribution in [0.4, 0.5) is 5.69 Å². The van der Waals surface area contributed by atoms with Gasteiger partial charge in [-0.2, -0.15) is 0 Å². The first-order valence-electron chi connectivity index (χ1n) is 5.67. The fourth-order valence-electron chi connectivity index (χ4n) is 1.36. The number of nitrogens with one attached hydrogen (secondary N) is 1. The summed E-state index contributed by atoms with van der Waals surface area (Å²) >= 11 is 9.30. The molecule has 0 aliphatic rings. The first kappa shape index (κ1) is 15.3. The van der Waals surface area contributed by atoms with Crippen LogP contribution in [0.2, 0.25) is 5.02 Å². The van der Waals surface area contributed by atoms with E-state index in [1.807, 2.05) is 13.8 Å². The molecule has 0 radical (unpaired) electrons. The zero-order valence-corrected chi connectivity index (χ0v) is 12.6. The number of carbonyl (C=O) groups is 1. The molecule has 0 aromatic heterocycles. The zero-order chi connectivity index (χ0) is 13.7. The van der Waals surface area contributed by atoms with E-state index in [-0.39, 0.29) is 5.91 Å². The Labute approximate surface area is 120 Å². The largest absolute Gasteiger partial charge is 0.491 e. The first-order chi connectivity index (χ1) is 8.49. The van der Waals surface area contributed by atoms with E-state index in [1.54, 1.807) is 12.1 Å². The molecule has 0 fully saturated rings. The van der Waals surface area contributed by atoms with Crippen molar-refractivity contribution in [3.63, 3.8) is 0 Å². The first-order valence-corrected chi connectivity index (χ1v) is 6.85. The number of hydrogen-bond acceptors (Lipinski definition) is 3. The van der Waals surface area contributed by atoms with E-state index >= 15 is 0 Å². The Morgan fingerprint density at radius 3 is 2.78 bits per heavy atom. The number of hydrogen-bond donors (Lipinski definition) is 2. The number of ether oxygens (including phenoxy) is 1. The Bertz CT molecular complexity index is 440. The fraction of sp³-hybridized carbons (Fsp3) is 0.417. The van der Waals surface area contributed by atoms with E-state index in [2.05, 4.69) is 21.2 Å². The Hall–Kier alpha value is -0.780. The lowest BCUT2D eigenvalue weighted by Gasteiger charge is -2.15. The minimum atomic E-state index is -0.544. The monoisotopic (exact) mass is 334 g/mol. The maximum Gasteiger partial charge on any atom is 0.241 e. The standard InChI is InChI=1S/C12H16BrClN2O2/c1-3-9(15)12(17)16-10-6-7(14)5-8(13)11(10)18-4-2/h5-6,9H,3-4,15H2,1-2H3,(H,16,17). The van der Waals surface area contributed by atoms with E-state index in [1.165, 1.54) is 0 Å². The van der Waals surface area contributed by atoms with Crippen LogP contribution in [-0.2, 0) is 4.79 Å². The lowest BCUT2D eigenvalue weighted by Crippen LogP contribution is -2.34. The Morgan fingerprint density at radius 2 is 2.22 bits per heavy atom. The third-order valence-corrected chi connectivity index (χ3v) is 3.14. The molecule has 0 bridgehead atoms. The second-order valence-corrected chi connectivity index (χ2v) is 4.99. The second-order valence-electron chi connectivity index (χ2n) is 3.70. The number of anilines is 1. The molecule has 6 heteroatoms. The van der Waals surface area contributed by atoms with Crippen LogP contribution in [0.3, 0.4) is 0 Å². The molecule has 1 unspecified atom stereocenters. The molecule has 0 aliphatic heterocycles. The molecule has 0 spiro atoms. The van der Waals surface area contributed by atoms with E-state index < -0.39 is 6.04 Å². The van der Waals surface area contributed by atoms with Crippen LogP contribution in [0.25, 0.3) is 0 Å². The predicted molar refractivity (Wildman–Crippen MR) is 77.2 cm³/mol. The normalized spacial score (nSPS) is 12.1. The molecule has 1 rings (SSSR count). The molecular formula is C12H16BrClN2O2. The highest BCUT2D eigenvalue weighted by Crippen LogP contribution is 2.36. The molecule has 100 valence electrons. The van der Waals surface area contributed by atoms with Gasteiger partial charge in [-0.1, -0.05) is 18.5 Å². The molecule has 0 aliphatic carbocycles. The number of benzene rings is 1. The van der Waals surface area contributed by atoms with Crippen molar-refractivity contribution in [1.29, 1.82) is 0 Å². The molecule has 0 heterocycles. The number of carbonyl (C=O) groups excluding carboxylic acids is 1. The Kier molecular flexibility index (Phi) is 5.91. The summed E-state index contributed by atoms with van der Waals surface area (Å²) in [6.45, 7) is 4.20. The van der Waals surface area contributed by atoms with Crippen LogP contribution in [0.5, 0.6) is 5.75 Å². The quantitative estimate of drug-likeness (QED) is 0.868. The summed E-state index contributed by atoms with van der Waals surface area (Å²) in [5.74, 6) is 0.297. The zero-order valence-electron chi connectivity index (χ0n) is 10.3. The van der Waals surface area contributed by atoms with Gasteiger partial charge in [0.2, 0.25) is 5.91 Å². The van der Waals surface area contributed by atoms with Gasteiger partial charge in [0.1, 0.15) is 0 Å². The average Bonchev–Trinajstić information content (AvgIpc) is 2.32. The van der Waals surface area contributed by atoms with Gasteiger partial charge in [0.05, 0.1) is 22.8 Å². The van der Waals surface area contributed by atoms with Crippen molar-refractivity contribution in [2.24, 2.45) is 5.73 Å². The van der Waals surface area contributed by atoms with Crippen molar-refractivity contribution in [1.82, 2.24) is 0 Å². The molecule has 1 atom stereocenters. The third kappa shape index (κ3) is 3.86. The summed E-state index contributed by atoms with van der Waals surface area (Å²) in [5.41, 5.74) is 6.19. The highest BCUT2D eigenvalue weighted by atomic mass is 79.9. The number of halogens is 2. The van der Waals surface area contributed by atoms with Crippen LogP contribution in [0, 0.1) is 0 Å². The topological polar surface area (TPSA) is 64.3 Å². The minimum Gasteiger partial charge on any atom is -0.491 e. The SMILES string of the molecule is CCOc1c(Br)cc(Cl)cc1NC(=O)C(N)CC. The average molecular weight is 336 g/mol. The lowest BCUT2D eigenvalue weighted by molar-refractivity contribution is -0.117. The molecule has 18 heavy (non-hydrogen) atoms. The van der Waals surface area contributed by atoms with Crippen LogP contribution in [0.1, 0.15) is 20.3 Å². The molecule has 4 nitrogen and oxygen atoms in total. The van der Waals surface area contributed by atoms with Crippen molar-refractivity contribution in [2.45, 2.75) is 26.3 Å². The molecule has 1 aromatic carbocycles. The van der Waals surface area contributed by atoms with Crippen molar-refractivity contribution in [2.75, 3.05) is 11.9 Å². The van der Waals surface area contributed by atoms with Crippen LogP contribution < -0.4 is 15.8 Å². The summed E-state index contributed by atoms with van der Waals surface area (Å²) in [6, 6.07) is 2.80. The van der Waals surface area contributed by atoms with Crippen molar-refractivity contribution in [3.8, 4) is 5.75 Å². The summed E-state index contributed by atoms with van der Waals surface area (Å²) in [5, 5.41) is 3.23. The van der Waals surface area contributed by atoms with Gasteiger partial charge in [0, 0.05) is 5.02 Å². The van der Waals surface area contributed by atoms with Crippen LogP contribution in [-0.4, -0.2) is 18.6 Å². The van der Waals surface area contributed by atoms with E-state index in [9.17, 15) is 4.79 Å². The van der Waals surface area contributed by atoms with Crippen LogP contribution >= 0.6 is 27.5 Å².